The molecule has 25 heavy (non-hydrogen) atoms. The third-order valence-electron chi connectivity index (χ3n) is 4.22. The second-order valence-corrected chi connectivity index (χ2v) is 5.99. The molecule has 3 aromatic heterocycles. The highest BCUT2D eigenvalue weighted by Crippen LogP contribution is 2.28. The molecule has 3 rings (SSSR count). The number of carbonyl (C=O) groups is 1. The van der Waals surface area contributed by atoms with Crippen molar-refractivity contribution in [2.75, 3.05) is 12.8 Å². The van der Waals surface area contributed by atoms with Crippen molar-refractivity contribution in [3.05, 3.63) is 46.0 Å². The van der Waals surface area contributed by atoms with Gasteiger partial charge in [-0.25, -0.2) is 9.78 Å². The topological polar surface area (TPSA) is 95.9 Å². The molecule has 0 bridgehead atoms. The Bertz CT molecular complexity index is 967. The van der Waals surface area contributed by atoms with Crippen LogP contribution in [0.1, 0.15) is 34.1 Å². The summed E-state index contributed by atoms with van der Waals surface area (Å²) in [5, 5.41) is 0.542. The van der Waals surface area contributed by atoms with E-state index >= 15 is 0 Å². The SMILES string of the molecule is CCc1ccnc(Cn2cc(C(=O)OC)c3c(Cl)nc(N)nc32)c1C. The fourth-order valence-electron chi connectivity index (χ4n) is 2.87. The standard InChI is InChI=1S/C17H18ClN5O2/c1-4-10-5-6-20-12(9(10)2)8-23-7-11(16(24)25-3)13-14(18)21-17(19)22-15(13)23/h5-7H,4,8H2,1-3H3,(H2,19,21,22). The van der Waals surface area contributed by atoms with E-state index in [9.17, 15) is 4.79 Å². The highest BCUT2D eigenvalue weighted by molar-refractivity contribution is 6.35. The average molecular weight is 360 g/mol. The number of methoxy groups -OCH3 is 1. The Morgan fingerprint density at radius 3 is 2.84 bits per heavy atom. The molecule has 0 saturated heterocycles. The number of nitrogen functional groups attached to an aromatic ring is 1. The smallest absolute Gasteiger partial charge is 0.340 e. The molecule has 3 aromatic rings. The van der Waals surface area contributed by atoms with Gasteiger partial charge in [0.1, 0.15) is 10.8 Å². The minimum absolute atomic E-state index is 0.0419. The Balaban J connectivity index is 2.18. The van der Waals surface area contributed by atoms with Crippen LogP contribution in [-0.2, 0) is 17.7 Å². The molecule has 0 fully saturated rings. The lowest BCUT2D eigenvalue weighted by Gasteiger charge is -2.10. The zero-order valence-corrected chi connectivity index (χ0v) is 15.0. The second-order valence-electron chi connectivity index (χ2n) is 5.63. The van der Waals surface area contributed by atoms with Crippen LogP contribution in [0.4, 0.5) is 5.95 Å². The fourth-order valence-corrected chi connectivity index (χ4v) is 3.15. The van der Waals surface area contributed by atoms with Gasteiger partial charge < -0.3 is 15.0 Å². The fraction of sp³-hybridized carbons (Fsp3) is 0.294. The molecule has 3 heterocycles. The Morgan fingerprint density at radius 1 is 1.40 bits per heavy atom. The molecule has 0 aliphatic carbocycles. The van der Waals surface area contributed by atoms with Crippen LogP contribution < -0.4 is 5.73 Å². The summed E-state index contributed by atoms with van der Waals surface area (Å²) < 4.78 is 6.63. The number of esters is 1. The quantitative estimate of drug-likeness (QED) is 0.568. The first-order chi connectivity index (χ1) is 12.0. The molecular formula is C17H18ClN5O2. The molecule has 0 amide bonds. The van der Waals surface area contributed by atoms with E-state index < -0.39 is 5.97 Å². The summed E-state index contributed by atoms with van der Waals surface area (Å²) in [6.07, 6.45) is 4.35. The number of hydrogen-bond donors (Lipinski definition) is 1. The van der Waals surface area contributed by atoms with Crippen molar-refractivity contribution in [1.82, 2.24) is 19.5 Å². The number of carbonyl (C=O) groups excluding carboxylic acids is 1. The van der Waals surface area contributed by atoms with E-state index in [4.69, 9.17) is 22.1 Å². The van der Waals surface area contributed by atoms with Gasteiger partial charge in [-0.15, -0.1) is 0 Å². The number of ether oxygens (including phenoxy) is 1. The molecule has 7 nitrogen and oxygen atoms in total. The van der Waals surface area contributed by atoms with Gasteiger partial charge >= 0.3 is 5.97 Å². The molecular weight excluding hydrogens is 342 g/mol. The van der Waals surface area contributed by atoms with Gasteiger partial charge in [0.15, 0.2) is 0 Å². The number of halogens is 1. The summed E-state index contributed by atoms with van der Waals surface area (Å²) in [6.45, 7) is 4.56. The van der Waals surface area contributed by atoms with Gasteiger partial charge in [-0.3, -0.25) is 4.98 Å². The number of aryl methyl sites for hydroxylation is 1. The highest BCUT2D eigenvalue weighted by atomic mass is 35.5. The lowest BCUT2D eigenvalue weighted by Crippen LogP contribution is -2.06. The first-order valence-electron chi connectivity index (χ1n) is 7.79. The number of nitrogens with two attached hydrogens (primary N) is 1. The predicted octanol–water partition coefficient (Wildman–Crippen LogP) is 2.77. The molecule has 0 aromatic carbocycles. The van der Waals surface area contributed by atoms with Crippen molar-refractivity contribution in [2.24, 2.45) is 0 Å². The Kier molecular flexibility index (Phi) is 4.59. The average Bonchev–Trinajstić information content (AvgIpc) is 2.94. The van der Waals surface area contributed by atoms with E-state index in [2.05, 4.69) is 21.9 Å². The van der Waals surface area contributed by atoms with Crippen LogP contribution >= 0.6 is 11.6 Å². The predicted molar refractivity (Wildman–Crippen MR) is 95.7 cm³/mol. The van der Waals surface area contributed by atoms with Crippen molar-refractivity contribution < 1.29 is 9.53 Å². The molecule has 130 valence electrons. The summed E-state index contributed by atoms with van der Waals surface area (Å²) in [4.78, 5) is 24.8. The Hall–Kier alpha value is -2.67. The van der Waals surface area contributed by atoms with Crippen molar-refractivity contribution in [2.45, 2.75) is 26.8 Å². The number of hydrogen-bond acceptors (Lipinski definition) is 6. The molecule has 8 heteroatoms. The van der Waals surface area contributed by atoms with E-state index in [1.54, 1.807) is 17.0 Å². The van der Waals surface area contributed by atoms with Crippen molar-refractivity contribution in [3.8, 4) is 0 Å². The lowest BCUT2D eigenvalue weighted by molar-refractivity contribution is 0.0602. The number of rotatable bonds is 4. The zero-order chi connectivity index (χ0) is 18.1. The Labute approximate surface area is 149 Å². The minimum atomic E-state index is -0.508. The third kappa shape index (κ3) is 3.02. The lowest BCUT2D eigenvalue weighted by atomic mass is 10.1. The molecule has 0 spiro atoms. The van der Waals surface area contributed by atoms with Crippen LogP contribution in [0.25, 0.3) is 11.0 Å². The van der Waals surface area contributed by atoms with Crippen LogP contribution in [-0.4, -0.2) is 32.6 Å². The summed E-state index contributed by atoms with van der Waals surface area (Å²) in [7, 11) is 1.31. The first-order valence-corrected chi connectivity index (χ1v) is 8.17. The second kappa shape index (κ2) is 6.68. The van der Waals surface area contributed by atoms with Crippen molar-refractivity contribution in [3.63, 3.8) is 0 Å². The maximum absolute atomic E-state index is 12.1. The van der Waals surface area contributed by atoms with E-state index in [0.717, 1.165) is 17.7 Å². The van der Waals surface area contributed by atoms with Gasteiger partial charge in [-0.2, -0.15) is 4.98 Å². The molecule has 0 atom stereocenters. The van der Waals surface area contributed by atoms with Crippen LogP contribution in [0.3, 0.4) is 0 Å². The molecule has 0 saturated carbocycles. The van der Waals surface area contributed by atoms with E-state index in [1.165, 1.54) is 12.7 Å². The molecule has 0 aliphatic heterocycles. The zero-order valence-electron chi connectivity index (χ0n) is 14.2. The minimum Gasteiger partial charge on any atom is -0.465 e. The van der Waals surface area contributed by atoms with Crippen LogP contribution in [0.2, 0.25) is 5.15 Å². The maximum atomic E-state index is 12.1. The van der Waals surface area contributed by atoms with E-state index in [1.807, 2.05) is 13.0 Å². The van der Waals surface area contributed by atoms with Gasteiger partial charge in [0.05, 0.1) is 30.3 Å². The summed E-state index contributed by atoms with van der Waals surface area (Å²) in [5.41, 5.74) is 9.72. The van der Waals surface area contributed by atoms with Crippen molar-refractivity contribution in [1.29, 1.82) is 0 Å². The largest absolute Gasteiger partial charge is 0.465 e. The summed E-state index contributed by atoms with van der Waals surface area (Å²) >= 11 is 6.20. The van der Waals surface area contributed by atoms with Crippen LogP contribution in [0.5, 0.6) is 0 Å². The molecule has 0 radical (unpaired) electrons. The Morgan fingerprint density at radius 2 is 2.16 bits per heavy atom. The normalized spacial score (nSPS) is 11.0. The van der Waals surface area contributed by atoms with Crippen LogP contribution in [0.15, 0.2) is 18.5 Å². The van der Waals surface area contributed by atoms with Gasteiger partial charge in [-0.05, 0) is 30.5 Å². The highest BCUT2D eigenvalue weighted by Gasteiger charge is 2.21. The van der Waals surface area contributed by atoms with Gasteiger partial charge in [0.25, 0.3) is 0 Å². The van der Waals surface area contributed by atoms with Gasteiger partial charge in [0, 0.05) is 12.4 Å². The van der Waals surface area contributed by atoms with Gasteiger partial charge in [-0.1, -0.05) is 18.5 Å². The van der Waals surface area contributed by atoms with Crippen LogP contribution in [0, 0.1) is 6.92 Å². The van der Waals surface area contributed by atoms with E-state index in [-0.39, 0.29) is 11.1 Å². The first kappa shape index (κ1) is 17.2. The number of nitrogens with zero attached hydrogens (tertiary/aromatic N) is 4. The summed E-state index contributed by atoms with van der Waals surface area (Å²) in [6, 6.07) is 2.00. The number of aromatic nitrogens is 4. The number of anilines is 1. The monoisotopic (exact) mass is 359 g/mol. The molecule has 0 aliphatic rings. The van der Waals surface area contributed by atoms with Crippen molar-refractivity contribution >= 4 is 34.6 Å². The number of pyridine rings is 1. The maximum Gasteiger partial charge on any atom is 0.340 e. The molecule has 2 N–H and O–H groups in total. The number of fused-ring (bicyclic) bond motifs is 1. The molecule has 0 unspecified atom stereocenters. The van der Waals surface area contributed by atoms with Gasteiger partial charge in [0.2, 0.25) is 5.95 Å². The third-order valence-corrected chi connectivity index (χ3v) is 4.49. The summed E-state index contributed by atoms with van der Waals surface area (Å²) in [5.74, 6) is -0.466. The van der Waals surface area contributed by atoms with E-state index in [0.29, 0.717) is 23.1 Å².